The number of hydrogen-bond acceptors (Lipinski definition) is 7. The Labute approximate surface area is 184 Å². The molecule has 0 aliphatic carbocycles. The van der Waals surface area contributed by atoms with Gasteiger partial charge in [-0.2, -0.15) is 4.98 Å². The normalized spacial score (nSPS) is 15.2. The summed E-state index contributed by atoms with van der Waals surface area (Å²) in [5, 5.41) is 22.7. The minimum absolute atomic E-state index is 0.0852. The fourth-order valence-corrected chi connectivity index (χ4v) is 5.53. The fourth-order valence-electron chi connectivity index (χ4n) is 2.70. The molecule has 0 bridgehead atoms. The van der Waals surface area contributed by atoms with Gasteiger partial charge >= 0.3 is 0 Å². The first-order valence-electron chi connectivity index (χ1n) is 7.67. The number of thioether (sulfide) groups is 1. The van der Waals surface area contributed by atoms with Gasteiger partial charge < -0.3 is 15.2 Å². The minimum Gasteiger partial charge on any atom is -0.506 e. The SMILES string of the molecule is CSc1nnc2c(n1)OC(c1c(Br)cc(Br)c(O)c1Br)Nc1ccccc1-2. The maximum atomic E-state index is 10.3. The van der Waals surface area contributed by atoms with E-state index < -0.39 is 6.23 Å². The first-order chi connectivity index (χ1) is 13.0. The molecule has 2 N–H and O–H groups in total. The number of phenolic OH excluding ortho intramolecular Hbond substituents is 1. The summed E-state index contributed by atoms with van der Waals surface area (Å²) >= 11 is 11.8. The molecule has 1 aromatic heterocycles. The highest BCUT2D eigenvalue weighted by atomic mass is 79.9. The van der Waals surface area contributed by atoms with Crippen molar-refractivity contribution in [2.45, 2.75) is 11.4 Å². The number of phenols is 1. The Morgan fingerprint density at radius 2 is 1.93 bits per heavy atom. The van der Waals surface area contributed by atoms with E-state index in [1.54, 1.807) is 6.07 Å². The smallest absolute Gasteiger partial charge is 0.247 e. The molecule has 0 saturated heterocycles. The molecule has 1 unspecified atom stereocenters. The lowest BCUT2D eigenvalue weighted by molar-refractivity contribution is 0.223. The first kappa shape index (κ1) is 19.0. The Balaban J connectivity index is 1.92. The Morgan fingerprint density at radius 1 is 1.15 bits per heavy atom. The Morgan fingerprint density at radius 3 is 2.70 bits per heavy atom. The lowest BCUT2D eigenvalue weighted by Crippen LogP contribution is -2.18. The van der Waals surface area contributed by atoms with Gasteiger partial charge in [0.15, 0.2) is 5.69 Å². The number of halogens is 3. The number of aromatic nitrogens is 3. The van der Waals surface area contributed by atoms with Crippen LogP contribution in [0.4, 0.5) is 5.69 Å². The highest BCUT2D eigenvalue weighted by Crippen LogP contribution is 2.46. The van der Waals surface area contributed by atoms with Crippen molar-refractivity contribution in [1.29, 1.82) is 0 Å². The number of para-hydroxylation sites is 1. The highest BCUT2D eigenvalue weighted by Gasteiger charge is 2.29. The third-order valence-electron chi connectivity index (χ3n) is 3.96. The molecule has 0 radical (unpaired) electrons. The summed E-state index contributed by atoms with van der Waals surface area (Å²) in [4.78, 5) is 4.49. The van der Waals surface area contributed by atoms with Crippen molar-refractivity contribution in [2.24, 2.45) is 0 Å². The average molecular weight is 575 g/mol. The van der Waals surface area contributed by atoms with Gasteiger partial charge in [-0.05, 0) is 50.2 Å². The van der Waals surface area contributed by atoms with Gasteiger partial charge in [-0.1, -0.05) is 45.9 Å². The molecule has 138 valence electrons. The van der Waals surface area contributed by atoms with Crippen molar-refractivity contribution in [3.05, 3.63) is 49.3 Å². The van der Waals surface area contributed by atoms with E-state index in [1.165, 1.54) is 11.8 Å². The summed E-state index contributed by atoms with van der Waals surface area (Å²) in [7, 11) is 0. The number of nitrogens with zero attached hydrogens (tertiary/aromatic N) is 3. The van der Waals surface area contributed by atoms with Crippen LogP contribution in [0, 0.1) is 0 Å². The van der Waals surface area contributed by atoms with Crippen LogP contribution < -0.4 is 10.1 Å². The van der Waals surface area contributed by atoms with E-state index in [9.17, 15) is 5.11 Å². The van der Waals surface area contributed by atoms with Gasteiger partial charge in [0.25, 0.3) is 0 Å². The number of aromatic hydroxyl groups is 1. The summed E-state index contributed by atoms with van der Waals surface area (Å²) in [6, 6.07) is 9.49. The molecule has 4 rings (SSSR count). The molecule has 2 aromatic carbocycles. The third kappa shape index (κ3) is 3.43. The van der Waals surface area contributed by atoms with Crippen LogP contribution in [0.2, 0.25) is 0 Å². The van der Waals surface area contributed by atoms with Crippen LogP contribution in [0.15, 0.2) is 48.9 Å². The quantitative estimate of drug-likeness (QED) is 0.377. The summed E-state index contributed by atoms with van der Waals surface area (Å²) in [5.41, 5.74) is 2.93. The van der Waals surface area contributed by atoms with Crippen LogP contribution in [0.3, 0.4) is 0 Å². The Kier molecular flexibility index (Phi) is 5.32. The predicted molar refractivity (Wildman–Crippen MR) is 115 cm³/mol. The van der Waals surface area contributed by atoms with Crippen molar-refractivity contribution in [2.75, 3.05) is 11.6 Å². The van der Waals surface area contributed by atoms with E-state index in [1.807, 2.05) is 30.5 Å². The Bertz CT molecular complexity index is 1050. The third-order valence-corrected chi connectivity index (χ3v) is 6.56. The molecule has 1 aliphatic heterocycles. The van der Waals surface area contributed by atoms with E-state index in [0.29, 0.717) is 31.2 Å². The van der Waals surface area contributed by atoms with Crippen LogP contribution in [0.25, 0.3) is 11.3 Å². The van der Waals surface area contributed by atoms with Gasteiger partial charge in [-0.3, -0.25) is 0 Å². The monoisotopic (exact) mass is 572 g/mol. The topological polar surface area (TPSA) is 80.2 Å². The summed E-state index contributed by atoms with van der Waals surface area (Å²) < 4.78 is 8.03. The zero-order valence-electron chi connectivity index (χ0n) is 13.7. The number of rotatable bonds is 2. The second-order valence-electron chi connectivity index (χ2n) is 5.56. The van der Waals surface area contributed by atoms with E-state index in [4.69, 9.17) is 4.74 Å². The second kappa shape index (κ2) is 7.57. The largest absolute Gasteiger partial charge is 0.506 e. The second-order valence-corrected chi connectivity index (χ2v) is 8.83. The van der Waals surface area contributed by atoms with Crippen molar-refractivity contribution in [3.8, 4) is 22.9 Å². The number of hydrogen-bond donors (Lipinski definition) is 2. The van der Waals surface area contributed by atoms with Crippen molar-refractivity contribution in [3.63, 3.8) is 0 Å². The van der Waals surface area contributed by atoms with E-state index in [2.05, 4.69) is 68.3 Å². The lowest BCUT2D eigenvalue weighted by Gasteiger charge is -2.22. The standard InChI is InChI=1S/C17H11Br3N4O2S/c1-27-17-22-16-13(23-24-17)7-4-2-3-5-10(7)21-15(26-16)11-8(18)6-9(19)14(25)12(11)20/h2-6,15,21,25H,1H3. The molecule has 27 heavy (non-hydrogen) atoms. The lowest BCUT2D eigenvalue weighted by atomic mass is 10.1. The molecule has 3 aromatic rings. The summed E-state index contributed by atoms with van der Waals surface area (Å²) in [5.74, 6) is 0.458. The molecule has 0 saturated carbocycles. The van der Waals surface area contributed by atoms with Gasteiger partial charge in [0, 0.05) is 21.3 Å². The molecule has 10 heteroatoms. The molecule has 1 aliphatic rings. The zero-order valence-corrected chi connectivity index (χ0v) is 19.3. The average Bonchev–Trinajstić information content (AvgIpc) is 2.82. The Hall–Kier alpha value is -1.36. The number of ether oxygens (including phenoxy) is 1. The first-order valence-corrected chi connectivity index (χ1v) is 11.3. The number of benzene rings is 2. The molecule has 0 spiro atoms. The number of nitrogens with one attached hydrogen (secondary N) is 1. The van der Waals surface area contributed by atoms with E-state index in [0.717, 1.165) is 15.7 Å². The highest BCUT2D eigenvalue weighted by molar-refractivity contribution is 9.11. The number of fused-ring (bicyclic) bond motifs is 3. The van der Waals surface area contributed by atoms with Crippen LogP contribution in [-0.2, 0) is 0 Å². The summed E-state index contributed by atoms with van der Waals surface area (Å²) in [6.45, 7) is 0. The molecule has 0 fully saturated rings. The van der Waals surface area contributed by atoms with Crippen molar-refractivity contribution < 1.29 is 9.84 Å². The van der Waals surface area contributed by atoms with Gasteiger partial charge in [-0.25, -0.2) is 0 Å². The number of anilines is 1. The van der Waals surface area contributed by atoms with E-state index >= 15 is 0 Å². The van der Waals surface area contributed by atoms with E-state index in [-0.39, 0.29) is 5.75 Å². The minimum atomic E-state index is -0.624. The van der Waals surface area contributed by atoms with Gasteiger partial charge in [0.2, 0.25) is 17.3 Å². The molecule has 6 nitrogen and oxygen atoms in total. The molecule has 2 heterocycles. The molecular formula is C17H11Br3N4O2S. The molecule has 1 atom stereocenters. The molecule has 0 amide bonds. The zero-order chi connectivity index (χ0) is 19.1. The van der Waals surface area contributed by atoms with Crippen LogP contribution in [0.1, 0.15) is 11.8 Å². The van der Waals surface area contributed by atoms with Gasteiger partial charge in [0.05, 0.1) is 8.95 Å². The van der Waals surface area contributed by atoms with Crippen LogP contribution >= 0.6 is 59.6 Å². The van der Waals surface area contributed by atoms with Gasteiger partial charge in [-0.15, -0.1) is 10.2 Å². The van der Waals surface area contributed by atoms with Crippen molar-refractivity contribution >= 4 is 65.2 Å². The van der Waals surface area contributed by atoms with Crippen molar-refractivity contribution in [1.82, 2.24) is 15.2 Å². The van der Waals surface area contributed by atoms with Crippen LogP contribution in [0.5, 0.6) is 11.6 Å². The maximum Gasteiger partial charge on any atom is 0.247 e. The maximum absolute atomic E-state index is 10.3. The predicted octanol–water partition coefficient (Wildman–Crippen LogP) is 5.76. The van der Waals surface area contributed by atoms with Gasteiger partial charge in [0.1, 0.15) is 5.75 Å². The molecular weight excluding hydrogens is 564 g/mol. The summed E-state index contributed by atoms with van der Waals surface area (Å²) in [6.07, 6.45) is 1.26. The fraction of sp³-hybridized carbons (Fsp3) is 0.118. The van der Waals surface area contributed by atoms with Crippen LogP contribution in [-0.4, -0.2) is 26.5 Å².